The van der Waals surface area contributed by atoms with E-state index in [4.69, 9.17) is 5.11 Å². The Morgan fingerprint density at radius 1 is 1.19 bits per heavy atom. The fourth-order valence-electron chi connectivity index (χ4n) is 2.13. The highest BCUT2D eigenvalue weighted by Gasteiger charge is 2.29. The fourth-order valence-corrected chi connectivity index (χ4v) is 3.93. The van der Waals surface area contributed by atoms with Crippen LogP contribution in [0.3, 0.4) is 0 Å². The van der Waals surface area contributed by atoms with Crippen molar-refractivity contribution in [3.8, 4) is 0 Å². The molecule has 21 heavy (non-hydrogen) atoms. The van der Waals surface area contributed by atoms with Crippen molar-refractivity contribution in [3.05, 3.63) is 28.8 Å². The van der Waals surface area contributed by atoms with Gasteiger partial charge in [0.05, 0.1) is 10.5 Å². The van der Waals surface area contributed by atoms with Crippen molar-refractivity contribution in [3.63, 3.8) is 0 Å². The zero-order valence-corrected chi connectivity index (χ0v) is 14.0. The molecule has 0 aliphatic rings. The number of aromatic carboxylic acids is 1. The molecule has 0 fully saturated rings. The Bertz CT molecular complexity index is 646. The minimum absolute atomic E-state index is 0.00988. The second-order valence-electron chi connectivity index (χ2n) is 5.61. The summed E-state index contributed by atoms with van der Waals surface area (Å²) in [6, 6.07) is 2.83. The highest BCUT2D eigenvalue weighted by Crippen LogP contribution is 2.24. The number of sulfonamides is 1. The fraction of sp³-hybridized carbons (Fsp3) is 0.533. The van der Waals surface area contributed by atoms with Crippen molar-refractivity contribution < 1.29 is 18.3 Å². The lowest BCUT2D eigenvalue weighted by molar-refractivity contribution is 0.0696. The molecule has 0 radical (unpaired) electrons. The molecule has 5 nitrogen and oxygen atoms in total. The number of aryl methyl sites for hydroxylation is 2. The summed E-state index contributed by atoms with van der Waals surface area (Å²) in [5.41, 5.74) is 0.558. The molecular formula is C15H23NO4S. The Morgan fingerprint density at radius 2 is 1.71 bits per heavy atom. The van der Waals surface area contributed by atoms with Gasteiger partial charge in [-0.05, 0) is 50.8 Å². The Morgan fingerprint density at radius 3 is 2.14 bits per heavy atom. The SMILES string of the molecule is CCC(C)(CC)NS(=O)(=O)c1cc(C(=O)O)c(C)cc1C. The smallest absolute Gasteiger partial charge is 0.335 e. The number of hydrogen-bond donors (Lipinski definition) is 2. The van der Waals surface area contributed by atoms with Crippen LogP contribution in [0.15, 0.2) is 17.0 Å². The van der Waals surface area contributed by atoms with E-state index in [1.54, 1.807) is 19.9 Å². The van der Waals surface area contributed by atoms with Crippen LogP contribution in [0, 0.1) is 13.8 Å². The van der Waals surface area contributed by atoms with Crippen molar-refractivity contribution in [1.29, 1.82) is 0 Å². The molecule has 6 heteroatoms. The molecule has 2 N–H and O–H groups in total. The van der Waals surface area contributed by atoms with Gasteiger partial charge in [-0.25, -0.2) is 17.9 Å². The van der Waals surface area contributed by atoms with Crippen molar-refractivity contribution in [1.82, 2.24) is 4.72 Å². The molecule has 0 aliphatic heterocycles. The predicted octanol–water partition coefficient (Wildman–Crippen LogP) is 2.86. The average Bonchev–Trinajstić information content (AvgIpc) is 2.37. The first kappa shape index (κ1) is 17.7. The first-order chi connectivity index (χ1) is 9.56. The van der Waals surface area contributed by atoms with Gasteiger partial charge < -0.3 is 5.11 Å². The van der Waals surface area contributed by atoms with Gasteiger partial charge in [-0.15, -0.1) is 0 Å². The molecule has 1 rings (SSSR count). The molecule has 0 heterocycles. The Kier molecular flexibility index (Phi) is 5.17. The van der Waals surface area contributed by atoms with Gasteiger partial charge in [0.2, 0.25) is 10.0 Å². The third kappa shape index (κ3) is 3.83. The maximum Gasteiger partial charge on any atom is 0.335 e. The van der Waals surface area contributed by atoms with Gasteiger partial charge in [0.25, 0.3) is 0 Å². The van der Waals surface area contributed by atoms with E-state index in [2.05, 4.69) is 4.72 Å². The second kappa shape index (κ2) is 6.15. The van der Waals surface area contributed by atoms with E-state index in [1.807, 2.05) is 20.8 Å². The standard InChI is InChI=1S/C15H23NO4S/c1-6-15(5,7-2)16-21(19,20)13-9-12(14(17)18)10(3)8-11(13)4/h8-9,16H,6-7H2,1-5H3,(H,17,18). The van der Waals surface area contributed by atoms with Gasteiger partial charge in [-0.3, -0.25) is 0 Å². The molecule has 0 saturated heterocycles. The first-order valence-electron chi connectivity index (χ1n) is 6.95. The topological polar surface area (TPSA) is 83.5 Å². The van der Waals surface area contributed by atoms with Crippen LogP contribution < -0.4 is 4.72 Å². The van der Waals surface area contributed by atoms with Gasteiger partial charge in [0.15, 0.2) is 0 Å². The van der Waals surface area contributed by atoms with Gasteiger partial charge >= 0.3 is 5.97 Å². The van der Waals surface area contributed by atoms with Crippen LogP contribution in [0.1, 0.15) is 55.1 Å². The van der Waals surface area contributed by atoms with Crippen LogP contribution in [0.25, 0.3) is 0 Å². The monoisotopic (exact) mass is 313 g/mol. The van der Waals surface area contributed by atoms with Crippen LogP contribution in [0.5, 0.6) is 0 Å². The molecule has 0 spiro atoms. The molecule has 0 aliphatic carbocycles. The highest BCUT2D eigenvalue weighted by atomic mass is 32.2. The maximum atomic E-state index is 12.6. The molecule has 0 unspecified atom stereocenters. The van der Waals surface area contributed by atoms with Crippen LogP contribution in [0.2, 0.25) is 0 Å². The zero-order chi connectivity index (χ0) is 16.4. The van der Waals surface area contributed by atoms with Crippen LogP contribution in [-0.2, 0) is 10.0 Å². The van der Waals surface area contributed by atoms with E-state index < -0.39 is 21.5 Å². The molecular weight excluding hydrogens is 290 g/mol. The summed E-state index contributed by atoms with van der Waals surface area (Å²) < 4.78 is 27.8. The molecule has 118 valence electrons. The number of carboxylic acid groups (broad SMARTS) is 1. The summed E-state index contributed by atoms with van der Waals surface area (Å²) in [6.45, 7) is 8.99. The van der Waals surface area contributed by atoms with E-state index in [0.717, 1.165) is 0 Å². The van der Waals surface area contributed by atoms with E-state index in [0.29, 0.717) is 24.0 Å². The van der Waals surface area contributed by atoms with Crippen molar-refractivity contribution in [2.24, 2.45) is 0 Å². The Labute approximate surface area is 126 Å². The molecule has 1 aromatic carbocycles. The number of nitrogens with one attached hydrogen (secondary N) is 1. The minimum Gasteiger partial charge on any atom is -0.478 e. The zero-order valence-electron chi connectivity index (χ0n) is 13.1. The van der Waals surface area contributed by atoms with E-state index in [-0.39, 0.29) is 10.5 Å². The summed E-state index contributed by atoms with van der Waals surface area (Å²) in [6.07, 6.45) is 1.30. The number of carboxylic acids is 1. The lowest BCUT2D eigenvalue weighted by atomic mass is 9.98. The number of benzene rings is 1. The molecule has 0 atom stereocenters. The third-order valence-electron chi connectivity index (χ3n) is 3.98. The van der Waals surface area contributed by atoms with Crippen LogP contribution >= 0.6 is 0 Å². The molecule has 0 amide bonds. The average molecular weight is 313 g/mol. The molecule has 0 bridgehead atoms. The molecule has 0 aromatic heterocycles. The van der Waals surface area contributed by atoms with Gasteiger partial charge in [0, 0.05) is 5.54 Å². The maximum absolute atomic E-state index is 12.6. The number of carbonyl (C=O) groups is 1. The van der Waals surface area contributed by atoms with E-state index in [1.165, 1.54) is 6.07 Å². The van der Waals surface area contributed by atoms with Crippen molar-refractivity contribution >= 4 is 16.0 Å². The normalized spacial score (nSPS) is 12.4. The lowest BCUT2D eigenvalue weighted by Gasteiger charge is -2.28. The van der Waals surface area contributed by atoms with Gasteiger partial charge in [-0.2, -0.15) is 0 Å². The first-order valence-corrected chi connectivity index (χ1v) is 8.43. The van der Waals surface area contributed by atoms with Gasteiger partial charge in [0.1, 0.15) is 0 Å². The molecule has 0 saturated carbocycles. The number of hydrogen-bond acceptors (Lipinski definition) is 3. The van der Waals surface area contributed by atoms with E-state index >= 15 is 0 Å². The minimum atomic E-state index is -3.76. The highest BCUT2D eigenvalue weighted by molar-refractivity contribution is 7.89. The van der Waals surface area contributed by atoms with E-state index in [9.17, 15) is 13.2 Å². The van der Waals surface area contributed by atoms with Crippen LogP contribution in [-0.4, -0.2) is 25.0 Å². The van der Waals surface area contributed by atoms with Crippen LogP contribution in [0.4, 0.5) is 0 Å². The summed E-state index contributed by atoms with van der Waals surface area (Å²) in [4.78, 5) is 11.2. The largest absolute Gasteiger partial charge is 0.478 e. The lowest BCUT2D eigenvalue weighted by Crippen LogP contribution is -2.45. The Balaban J connectivity index is 3.39. The Hall–Kier alpha value is -1.40. The predicted molar refractivity (Wildman–Crippen MR) is 82.2 cm³/mol. The second-order valence-corrected chi connectivity index (χ2v) is 7.26. The van der Waals surface area contributed by atoms with Crippen molar-refractivity contribution in [2.45, 2.75) is 57.9 Å². The summed E-state index contributed by atoms with van der Waals surface area (Å²) in [5.74, 6) is -1.13. The van der Waals surface area contributed by atoms with Crippen molar-refractivity contribution in [2.75, 3.05) is 0 Å². The number of rotatable bonds is 6. The third-order valence-corrected chi connectivity index (χ3v) is 5.76. The molecule has 1 aromatic rings. The summed E-state index contributed by atoms with van der Waals surface area (Å²) in [7, 11) is -3.76. The summed E-state index contributed by atoms with van der Waals surface area (Å²) >= 11 is 0. The summed E-state index contributed by atoms with van der Waals surface area (Å²) in [5, 5.41) is 9.16. The quantitative estimate of drug-likeness (QED) is 0.846. The van der Waals surface area contributed by atoms with Gasteiger partial charge in [-0.1, -0.05) is 19.9 Å².